The van der Waals surface area contributed by atoms with E-state index in [-0.39, 0.29) is 0 Å². The van der Waals surface area contributed by atoms with E-state index in [1.54, 1.807) is 0 Å². The number of benzene rings is 2. The van der Waals surface area contributed by atoms with Crippen LogP contribution < -0.4 is 4.74 Å². The lowest BCUT2D eigenvalue weighted by molar-refractivity contribution is -0.139. The van der Waals surface area contributed by atoms with Crippen molar-refractivity contribution in [3.05, 3.63) is 65.7 Å². The Kier molecular flexibility index (Phi) is 9.40. The van der Waals surface area contributed by atoms with Gasteiger partial charge in [-0.2, -0.15) is 0 Å². The molecular formula is C33H47N3O2. The Hall–Kier alpha value is -2.37. The van der Waals surface area contributed by atoms with Crippen LogP contribution in [0.5, 0.6) is 5.75 Å². The summed E-state index contributed by atoms with van der Waals surface area (Å²) in [6, 6.07) is 20.1. The predicted octanol–water partition coefficient (Wildman–Crippen LogP) is 6.12. The Bertz CT molecular complexity index is 999. The third-order valence-electron chi connectivity index (χ3n) is 8.44. The number of amides is 1. The van der Waals surface area contributed by atoms with Gasteiger partial charge in [0.05, 0.1) is 12.6 Å². The number of likely N-dealkylation sites (tertiary alicyclic amines) is 1. The molecule has 0 bridgehead atoms. The molecule has 0 aromatic heterocycles. The van der Waals surface area contributed by atoms with Crippen LogP contribution in [0, 0.1) is 5.92 Å². The van der Waals surface area contributed by atoms with Gasteiger partial charge >= 0.3 is 0 Å². The van der Waals surface area contributed by atoms with Gasteiger partial charge in [0.2, 0.25) is 5.91 Å². The van der Waals surface area contributed by atoms with Crippen molar-refractivity contribution < 1.29 is 9.53 Å². The van der Waals surface area contributed by atoms with Gasteiger partial charge < -0.3 is 14.5 Å². The minimum Gasteiger partial charge on any atom is -0.490 e. The van der Waals surface area contributed by atoms with Crippen LogP contribution in [0.1, 0.15) is 75.3 Å². The van der Waals surface area contributed by atoms with Gasteiger partial charge in [0.15, 0.2) is 0 Å². The Morgan fingerprint density at radius 1 is 0.816 bits per heavy atom. The first kappa shape index (κ1) is 27.2. The summed E-state index contributed by atoms with van der Waals surface area (Å²) in [4.78, 5) is 20.1. The molecule has 4 aliphatic rings. The summed E-state index contributed by atoms with van der Waals surface area (Å²) < 4.78 is 5.86. The van der Waals surface area contributed by atoms with Crippen LogP contribution in [-0.2, 0) is 17.9 Å². The fourth-order valence-corrected chi connectivity index (χ4v) is 6.19. The van der Waals surface area contributed by atoms with Crippen LogP contribution in [0.25, 0.3) is 0 Å². The fraction of sp³-hybridized carbons (Fsp3) is 0.606. The molecule has 5 nitrogen and oxygen atoms in total. The van der Waals surface area contributed by atoms with Gasteiger partial charge in [0.25, 0.3) is 0 Å². The highest BCUT2D eigenvalue weighted by Crippen LogP contribution is 2.36. The standard InChI is InChI=1S/C24H34N2O2.C9H13N/c27-24(26-15-3-5-19-4-1-2-6-23(19)26)17-25(20-9-10-20)16-18-7-11-21(12-8-18)28-22-13-14-22;1-10(2)8-9-6-4-3-5-7-9/h7-8,11-12,19-20,22-23H,1-6,9-10,13-17H2;3-7H,8H2,1-2H3. The van der Waals surface area contributed by atoms with Crippen LogP contribution in [0.15, 0.2) is 54.6 Å². The second-order valence-corrected chi connectivity index (χ2v) is 12.2. The molecule has 38 heavy (non-hydrogen) atoms. The van der Waals surface area contributed by atoms with E-state index in [2.05, 4.69) is 77.3 Å². The van der Waals surface area contributed by atoms with E-state index in [0.717, 1.165) is 31.3 Å². The van der Waals surface area contributed by atoms with E-state index in [1.807, 2.05) is 6.07 Å². The Labute approximate surface area is 230 Å². The Morgan fingerprint density at radius 3 is 2.18 bits per heavy atom. The molecule has 1 aliphatic heterocycles. The zero-order valence-corrected chi connectivity index (χ0v) is 23.6. The van der Waals surface area contributed by atoms with Crippen molar-refractivity contribution >= 4 is 5.91 Å². The van der Waals surface area contributed by atoms with E-state index in [4.69, 9.17) is 4.74 Å². The molecule has 3 aliphatic carbocycles. The van der Waals surface area contributed by atoms with E-state index < -0.39 is 0 Å². The van der Waals surface area contributed by atoms with Gasteiger partial charge in [-0.3, -0.25) is 9.69 Å². The van der Waals surface area contributed by atoms with Gasteiger partial charge in [-0.05, 0) is 94.6 Å². The monoisotopic (exact) mass is 517 g/mol. The number of rotatable bonds is 9. The lowest BCUT2D eigenvalue weighted by atomic mass is 9.78. The first-order valence-electron chi connectivity index (χ1n) is 15.0. The molecular weight excluding hydrogens is 470 g/mol. The molecule has 1 heterocycles. The first-order valence-corrected chi connectivity index (χ1v) is 15.0. The number of nitrogens with zero attached hydrogens (tertiary/aromatic N) is 3. The van der Waals surface area contributed by atoms with Crippen LogP contribution >= 0.6 is 0 Å². The van der Waals surface area contributed by atoms with Crippen molar-refractivity contribution in [1.29, 1.82) is 0 Å². The van der Waals surface area contributed by atoms with Crippen molar-refractivity contribution in [2.75, 3.05) is 27.2 Å². The average Bonchev–Trinajstić information content (AvgIpc) is 3.85. The summed E-state index contributed by atoms with van der Waals surface area (Å²) in [6.45, 7) is 3.48. The minimum atomic E-state index is 0.372. The number of hydrogen-bond acceptors (Lipinski definition) is 4. The zero-order chi connectivity index (χ0) is 26.3. The maximum atomic E-state index is 13.2. The van der Waals surface area contributed by atoms with Gasteiger partial charge in [-0.25, -0.2) is 0 Å². The largest absolute Gasteiger partial charge is 0.490 e. The number of piperidine rings is 1. The molecule has 5 heteroatoms. The summed E-state index contributed by atoms with van der Waals surface area (Å²) in [5.41, 5.74) is 2.66. The molecule has 2 aromatic rings. The normalized spacial score (nSPS) is 23.0. The molecule has 1 amide bonds. The average molecular weight is 518 g/mol. The van der Waals surface area contributed by atoms with Crippen molar-refractivity contribution in [2.45, 2.75) is 95.5 Å². The van der Waals surface area contributed by atoms with E-state index in [1.165, 1.54) is 75.3 Å². The third-order valence-corrected chi connectivity index (χ3v) is 8.44. The molecule has 0 N–H and O–H groups in total. The summed E-state index contributed by atoms with van der Waals surface area (Å²) in [7, 11) is 4.15. The number of hydrogen-bond donors (Lipinski definition) is 0. The highest BCUT2D eigenvalue weighted by Gasteiger charge is 2.37. The molecule has 1 saturated heterocycles. The minimum absolute atomic E-state index is 0.372. The van der Waals surface area contributed by atoms with Crippen molar-refractivity contribution in [3.63, 3.8) is 0 Å². The third kappa shape index (κ3) is 8.07. The predicted molar refractivity (Wildman–Crippen MR) is 154 cm³/mol. The molecule has 2 atom stereocenters. The van der Waals surface area contributed by atoms with Crippen LogP contribution in [0.2, 0.25) is 0 Å². The lowest BCUT2D eigenvalue weighted by Crippen LogP contribution is -2.52. The molecule has 0 radical (unpaired) electrons. The van der Waals surface area contributed by atoms with E-state index in [9.17, 15) is 4.79 Å². The lowest BCUT2D eigenvalue weighted by Gasteiger charge is -2.44. The summed E-state index contributed by atoms with van der Waals surface area (Å²) in [6.07, 6.45) is 13.0. The molecule has 3 saturated carbocycles. The smallest absolute Gasteiger partial charge is 0.237 e. The first-order chi connectivity index (χ1) is 18.5. The second-order valence-electron chi connectivity index (χ2n) is 12.2. The van der Waals surface area contributed by atoms with E-state index >= 15 is 0 Å². The number of carbonyl (C=O) groups is 1. The molecule has 6 rings (SSSR count). The number of carbonyl (C=O) groups excluding carboxylic acids is 1. The Balaban J connectivity index is 0.000000249. The summed E-state index contributed by atoms with van der Waals surface area (Å²) >= 11 is 0. The number of fused-ring (bicyclic) bond motifs is 1. The maximum absolute atomic E-state index is 13.2. The Morgan fingerprint density at radius 2 is 1.50 bits per heavy atom. The second kappa shape index (κ2) is 13.1. The van der Waals surface area contributed by atoms with Gasteiger partial charge in [0.1, 0.15) is 5.75 Å². The molecule has 206 valence electrons. The highest BCUT2D eigenvalue weighted by molar-refractivity contribution is 5.79. The summed E-state index contributed by atoms with van der Waals surface area (Å²) in [5.74, 6) is 2.12. The highest BCUT2D eigenvalue weighted by atomic mass is 16.5. The van der Waals surface area contributed by atoms with Gasteiger partial charge in [0, 0.05) is 31.7 Å². The van der Waals surface area contributed by atoms with Crippen molar-refractivity contribution in [1.82, 2.24) is 14.7 Å². The topological polar surface area (TPSA) is 36.0 Å². The van der Waals surface area contributed by atoms with E-state index in [0.29, 0.717) is 30.6 Å². The molecule has 2 unspecified atom stereocenters. The summed E-state index contributed by atoms with van der Waals surface area (Å²) in [5, 5.41) is 0. The van der Waals surface area contributed by atoms with Crippen molar-refractivity contribution in [2.24, 2.45) is 5.92 Å². The molecule has 4 fully saturated rings. The molecule has 0 spiro atoms. The zero-order valence-electron chi connectivity index (χ0n) is 23.6. The fourth-order valence-electron chi connectivity index (χ4n) is 6.19. The maximum Gasteiger partial charge on any atom is 0.237 e. The van der Waals surface area contributed by atoms with Crippen LogP contribution in [-0.4, -0.2) is 66.0 Å². The van der Waals surface area contributed by atoms with Gasteiger partial charge in [-0.1, -0.05) is 55.3 Å². The number of ether oxygens (including phenoxy) is 1. The van der Waals surface area contributed by atoms with Crippen LogP contribution in [0.4, 0.5) is 0 Å². The van der Waals surface area contributed by atoms with Crippen molar-refractivity contribution in [3.8, 4) is 5.75 Å². The quantitative estimate of drug-likeness (QED) is 0.401. The van der Waals surface area contributed by atoms with Crippen LogP contribution in [0.3, 0.4) is 0 Å². The molecule has 2 aromatic carbocycles. The SMILES string of the molecule is CN(C)Cc1ccccc1.O=C(CN(Cc1ccc(OC2CC2)cc1)C1CC1)N1CCCC2CCCCC21. The van der Waals surface area contributed by atoms with Gasteiger partial charge in [-0.15, -0.1) is 0 Å².